The molecule has 0 aliphatic carbocycles. The van der Waals surface area contributed by atoms with Gasteiger partial charge in [0.2, 0.25) is 0 Å². The van der Waals surface area contributed by atoms with E-state index in [1.54, 1.807) is 6.33 Å². The molecule has 0 saturated heterocycles. The Morgan fingerprint density at radius 2 is 1.79 bits per heavy atom. The largest absolute Gasteiger partial charge is 0.340 e. The summed E-state index contributed by atoms with van der Waals surface area (Å²) in [6, 6.07) is 8.59. The van der Waals surface area contributed by atoms with E-state index in [-0.39, 0.29) is 0 Å². The molecule has 2 rings (SSSR count). The number of unbranched alkanes of at least 4 members (excludes halogenated alkanes) is 1. The zero-order valence-electron chi connectivity index (χ0n) is 11.9. The Kier molecular flexibility index (Phi) is 4.50. The number of nitrogens with zero attached hydrogens (tertiary/aromatic N) is 2. The van der Waals surface area contributed by atoms with Gasteiger partial charge in [-0.25, -0.2) is 9.97 Å². The molecule has 0 saturated carbocycles. The van der Waals surface area contributed by atoms with E-state index in [0.29, 0.717) is 0 Å². The summed E-state index contributed by atoms with van der Waals surface area (Å²) in [5, 5.41) is 3.35. The lowest BCUT2D eigenvalue weighted by atomic mass is 10.1. The van der Waals surface area contributed by atoms with Gasteiger partial charge in [0.15, 0.2) is 0 Å². The van der Waals surface area contributed by atoms with Crippen molar-refractivity contribution >= 4 is 11.5 Å². The predicted molar refractivity (Wildman–Crippen MR) is 79.8 cm³/mol. The molecule has 1 heterocycles. The Morgan fingerprint density at radius 3 is 2.47 bits per heavy atom. The second kappa shape index (κ2) is 6.32. The van der Waals surface area contributed by atoms with Gasteiger partial charge in [0.1, 0.15) is 12.1 Å². The minimum absolute atomic E-state index is 0.883. The summed E-state index contributed by atoms with van der Waals surface area (Å²) in [5.41, 5.74) is 4.57. The molecule has 3 nitrogen and oxygen atoms in total. The summed E-state index contributed by atoms with van der Waals surface area (Å²) in [7, 11) is 0. The number of hydrogen-bond acceptors (Lipinski definition) is 3. The molecular formula is C16H21N3. The molecule has 0 unspecified atom stereocenters. The van der Waals surface area contributed by atoms with Crippen LogP contribution in [0.4, 0.5) is 11.5 Å². The molecule has 0 fully saturated rings. The second-order valence-electron chi connectivity index (χ2n) is 4.86. The maximum absolute atomic E-state index is 4.28. The SMILES string of the molecule is CCCCc1ccc(Nc2ncnc(C)c2C)cc1. The van der Waals surface area contributed by atoms with Crippen LogP contribution in [0.1, 0.15) is 36.6 Å². The van der Waals surface area contributed by atoms with Crippen molar-refractivity contribution in [3.63, 3.8) is 0 Å². The zero-order valence-corrected chi connectivity index (χ0v) is 11.9. The van der Waals surface area contributed by atoms with Gasteiger partial charge in [-0.05, 0) is 44.4 Å². The van der Waals surface area contributed by atoms with Crippen LogP contribution in [0.15, 0.2) is 30.6 Å². The third-order valence-corrected chi connectivity index (χ3v) is 3.37. The fraction of sp³-hybridized carbons (Fsp3) is 0.375. The number of nitrogens with one attached hydrogen (secondary N) is 1. The van der Waals surface area contributed by atoms with Crippen LogP contribution in [0.3, 0.4) is 0 Å². The highest BCUT2D eigenvalue weighted by Crippen LogP contribution is 2.19. The highest BCUT2D eigenvalue weighted by Gasteiger charge is 2.03. The number of aryl methyl sites for hydroxylation is 2. The van der Waals surface area contributed by atoms with Crippen molar-refractivity contribution in [3.05, 3.63) is 47.4 Å². The number of rotatable bonds is 5. The lowest BCUT2D eigenvalue weighted by Crippen LogP contribution is -1.99. The quantitative estimate of drug-likeness (QED) is 0.871. The van der Waals surface area contributed by atoms with E-state index in [0.717, 1.165) is 29.2 Å². The van der Waals surface area contributed by atoms with Gasteiger partial charge in [-0.3, -0.25) is 0 Å². The van der Waals surface area contributed by atoms with E-state index in [1.165, 1.54) is 18.4 Å². The van der Waals surface area contributed by atoms with Crippen molar-refractivity contribution in [2.24, 2.45) is 0 Å². The summed E-state index contributed by atoms with van der Waals surface area (Å²) in [5.74, 6) is 0.883. The van der Waals surface area contributed by atoms with Crippen molar-refractivity contribution < 1.29 is 0 Å². The van der Waals surface area contributed by atoms with Crippen LogP contribution < -0.4 is 5.32 Å². The maximum atomic E-state index is 4.28. The summed E-state index contributed by atoms with van der Waals surface area (Å²) >= 11 is 0. The number of benzene rings is 1. The first-order chi connectivity index (χ1) is 9.20. The van der Waals surface area contributed by atoms with Crippen LogP contribution >= 0.6 is 0 Å². The number of aromatic nitrogens is 2. The monoisotopic (exact) mass is 255 g/mol. The van der Waals surface area contributed by atoms with Crippen LogP contribution in [0, 0.1) is 13.8 Å². The fourth-order valence-corrected chi connectivity index (χ4v) is 1.94. The van der Waals surface area contributed by atoms with Crippen LogP contribution in [-0.2, 0) is 6.42 Å². The van der Waals surface area contributed by atoms with E-state index in [9.17, 15) is 0 Å². The van der Waals surface area contributed by atoms with Crippen LogP contribution in [0.25, 0.3) is 0 Å². The molecule has 2 aromatic rings. The normalized spacial score (nSPS) is 10.5. The molecule has 0 aliphatic heterocycles. The average Bonchev–Trinajstić information content (AvgIpc) is 2.43. The topological polar surface area (TPSA) is 37.8 Å². The van der Waals surface area contributed by atoms with Gasteiger partial charge in [-0.2, -0.15) is 0 Å². The predicted octanol–water partition coefficient (Wildman–Crippen LogP) is 4.18. The summed E-state index contributed by atoms with van der Waals surface area (Å²) < 4.78 is 0. The van der Waals surface area contributed by atoms with Gasteiger partial charge in [-0.1, -0.05) is 25.5 Å². The molecular weight excluding hydrogens is 234 g/mol. The highest BCUT2D eigenvalue weighted by atomic mass is 15.0. The Morgan fingerprint density at radius 1 is 1.05 bits per heavy atom. The van der Waals surface area contributed by atoms with Gasteiger partial charge >= 0.3 is 0 Å². The number of hydrogen-bond donors (Lipinski definition) is 1. The Labute approximate surface area is 115 Å². The molecule has 0 atom stereocenters. The third kappa shape index (κ3) is 3.53. The molecule has 0 radical (unpaired) electrons. The van der Waals surface area contributed by atoms with Crippen LogP contribution in [0.2, 0.25) is 0 Å². The molecule has 1 aromatic heterocycles. The molecule has 0 aliphatic rings. The summed E-state index contributed by atoms with van der Waals surface area (Å²) in [6.07, 6.45) is 5.24. The van der Waals surface area contributed by atoms with Crippen LogP contribution in [0.5, 0.6) is 0 Å². The van der Waals surface area contributed by atoms with Crippen molar-refractivity contribution in [3.8, 4) is 0 Å². The first-order valence-corrected chi connectivity index (χ1v) is 6.85. The molecule has 0 bridgehead atoms. The fourth-order valence-electron chi connectivity index (χ4n) is 1.94. The molecule has 3 heteroatoms. The standard InChI is InChI=1S/C16H21N3/c1-4-5-6-14-7-9-15(10-8-14)19-16-12(2)13(3)17-11-18-16/h7-11H,4-6H2,1-3H3,(H,17,18,19). The maximum Gasteiger partial charge on any atom is 0.136 e. The van der Waals surface area contributed by atoms with Gasteiger partial charge in [0, 0.05) is 16.9 Å². The molecule has 1 N–H and O–H groups in total. The van der Waals surface area contributed by atoms with Gasteiger partial charge < -0.3 is 5.32 Å². The van der Waals surface area contributed by atoms with E-state index >= 15 is 0 Å². The minimum Gasteiger partial charge on any atom is -0.340 e. The molecule has 0 amide bonds. The highest BCUT2D eigenvalue weighted by molar-refractivity contribution is 5.59. The minimum atomic E-state index is 0.883. The van der Waals surface area contributed by atoms with E-state index in [1.807, 2.05) is 13.8 Å². The molecule has 100 valence electrons. The summed E-state index contributed by atoms with van der Waals surface area (Å²) in [4.78, 5) is 8.46. The van der Waals surface area contributed by atoms with E-state index in [4.69, 9.17) is 0 Å². The molecule has 19 heavy (non-hydrogen) atoms. The number of anilines is 2. The molecule has 1 aromatic carbocycles. The van der Waals surface area contributed by atoms with Crippen LogP contribution in [-0.4, -0.2) is 9.97 Å². The van der Waals surface area contributed by atoms with Crippen molar-refractivity contribution in [1.29, 1.82) is 0 Å². The molecule has 0 spiro atoms. The van der Waals surface area contributed by atoms with Gasteiger partial charge in [0.25, 0.3) is 0 Å². The van der Waals surface area contributed by atoms with Crippen molar-refractivity contribution in [2.75, 3.05) is 5.32 Å². The average molecular weight is 255 g/mol. The zero-order chi connectivity index (χ0) is 13.7. The Bertz CT molecular complexity index is 532. The van der Waals surface area contributed by atoms with Crippen molar-refractivity contribution in [1.82, 2.24) is 9.97 Å². The van der Waals surface area contributed by atoms with Gasteiger partial charge in [0.05, 0.1) is 0 Å². The second-order valence-corrected chi connectivity index (χ2v) is 4.86. The first-order valence-electron chi connectivity index (χ1n) is 6.85. The lowest BCUT2D eigenvalue weighted by Gasteiger charge is -2.10. The van der Waals surface area contributed by atoms with E-state index < -0.39 is 0 Å². The van der Waals surface area contributed by atoms with E-state index in [2.05, 4.69) is 46.5 Å². The Balaban J connectivity index is 2.09. The lowest BCUT2D eigenvalue weighted by molar-refractivity contribution is 0.795. The van der Waals surface area contributed by atoms with Crippen molar-refractivity contribution in [2.45, 2.75) is 40.0 Å². The Hall–Kier alpha value is -1.90. The smallest absolute Gasteiger partial charge is 0.136 e. The van der Waals surface area contributed by atoms with Gasteiger partial charge in [-0.15, -0.1) is 0 Å². The first kappa shape index (κ1) is 13.5. The third-order valence-electron chi connectivity index (χ3n) is 3.37. The summed E-state index contributed by atoms with van der Waals surface area (Å²) in [6.45, 7) is 6.25.